The summed E-state index contributed by atoms with van der Waals surface area (Å²) in [6, 6.07) is -0.140. The smallest absolute Gasteiger partial charge is 0.355 e. The van der Waals surface area contributed by atoms with Gasteiger partial charge in [-0.1, -0.05) is 0 Å². The van der Waals surface area contributed by atoms with Gasteiger partial charge in [0.25, 0.3) is 0 Å². The minimum absolute atomic E-state index is 0.0385. The Morgan fingerprint density at radius 2 is 1.96 bits per heavy atom. The van der Waals surface area contributed by atoms with Gasteiger partial charge in [-0.2, -0.15) is 24.9 Å². The Bertz CT molecular complexity index is 580. The molecule has 0 saturated carbocycles. The summed E-state index contributed by atoms with van der Waals surface area (Å²) in [5, 5.41) is 6.01. The number of sulfonamides is 1. The molecule has 2 N–H and O–H groups in total. The summed E-state index contributed by atoms with van der Waals surface area (Å²) < 4.78 is 63.4. The van der Waals surface area contributed by atoms with Gasteiger partial charge in [0.15, 0.2) is 5.96 Å². The number of thioether (sulfide) groups is 1. The fourth-order valence-electron chi connectivity index (χ4n) is 2.99. The third-order valence-corrected chi connectivity index (χ3v) is 7.07. The van der Waals surface area contributed by atoms with E-state index in [4.69, 9.17) is 0 Å². The topological polar surface area (TPSA) is 77.0 Å². The molecule has 2 aliphatic heterocycles. The van der Waals surface area contributed by atoms with Crippen LogP contribution < -0.4 is 10.6 Å². The van der Waals surface area contributed by atoms with E-state index in [1.54, 1.807) is 18.8 Å². The van der Waals surface area contributed by atoms with E-state index < -0.39 is 22.7 Å². The molecule has 152 valence electrons. The lowest BCUT2D eigenvalue weighted by Gasteiger charge is -2.26. The molecule has 0 radical (unpaired) electrons. The molecule has 0 aromatic heterocycles. The highest BCUT2D eigenvalue weighted by Crippen LogP contribution is 2.20. The van der Waals surface area contributed by atoms with Crippen molar-refractivity contribution in [1.82, 2.24) is 19.8 Å². The number of likely N-dealkylation sites (tertiary alicyclic amines) is 1. The minimum Gasteiger partial charge on any atom is -0.355 e. The standard InChI is InChI=1S/C14H26F3N5O2S2/c1-18-13(20-12-2-4-21(10-12)11-14(15,16)17)19-3-9-26(23,24)22-5-7-25-8-6-22/h12H,2-11H2,1H3,(H2,18,19,20). The Kier molecular flexibility index (Phi) is 7.86. The van der Waals surface area contributed by atoms with E-state index in [9.17, 15) is 21.6 Å². The number of alkyl halides is 3. The molecule has 0 aliphatic carbocycles. The zero-order valence-electron chi connectivity index (χ0n) is 14.8. The number of hydrogen-bond acceptors (Lipinski definition) is 5. The van der Waals surface area contributed by atoms with Gasteiger partial charge in [-0.05, 0) is 6.42 Å². The molecular weight excluding hydrogens is 391 g/mol. The molecule has 26 heavy (non-hydrogen) atoms. The van der Waals surface area contributed by atoms with Crippen LogP contribution in [0.4, 0.5) is 13.2 Å². The Hall–Kier alpha value is -0.720. The van der Waals surface area contributed by atoms with Gasteiger partial charge in [0.05, 0.1) is 12.3 Å². The van der Waals surface area contributed by atoms with Crippen molar-refractivity contribution in [2.24, 2.45) is 4.99 Å². The van der Waals surface area contributed by atoms with E-state index in [1.165, 1.54) is 9.21 Å². The molecule has 0 amide bonds. The molecule has 0 aromatic rings. The lowest BCUT2D eigenvalue weighted by Crippen LogP contribution is -2.47. The lowest BCUT2D eigenvalue weighted by atomic mass is 10.3. The summed E-state index contributed by atoms with van der Waals surface area (Å²) in [6.07, 6.45) is -3.61. The van der Waals surface area contributed by atoms with Crippen LogP contribution >= 0.6 is 11.8 Å². The maximum absolute atomic E-state index is 12.4. The number of aliphatic imine (C=N–C) groups is 1. The molecule has 2 heterocycles. The van der Waals surface area contributed by atoms with E-state index in [2.05, 4.69) is 15.6 Å². The van der Waals surface area contributed by atoms with Crippen molar-refractivity contribution < 1.29 is 21.6 Å². The Labute approximate surface area is 156 Å². The maximum Gasteiger partial charge on any atom is 0.401 e. The zero-order chi connectivity index (χ0) is 19.2. The molecule has 0 spiro atoms. The zero-order valence-corrected chi connectivity index (χ0v) is 16.4. The second-order valence-electron chi connectivity index (χ2n) is 6.31. The Morgan fingerprint density at radius 1 is 1.27 bits per heavy atom. The average Bonchev–Trinajstić information content (AvgIpc) is 2.99. The fourth-order valence-corrected chi connectivity index (χ4v) is 5.48. The van der Waals surface area contributed by atoms with Crippen LogP contribution in [-0.2, 0) is 10.0 Å². The number of halogens is 3. The molecule has 1 unspecified atom stereocenters. The van der Waals surface area contributed by atoms with Crippen molar-refractivity contribution in [2.45, 2.75) is 18.6 Å². The van der Waals surface area contributed by atoms with Crippen molar-refractivity contribution in [3.63, 3.8) is 0 Å². The molecule has 2 saturated heterocycles. The summed E-state index contributed by atoms with van der Waals surface area (Å²) >= 11 is 1.74. The molecule has 0 bridgehead atoms. The predicted molar refractivity (Wildman–Crippen MR) is 98.1 cm³/mol. The summed E-state index contributed by atoms with van der Waals surface area (Å²) in [5.74, 6) is 1.99. The molecular formula is C14H26F3N5O2S2. The van der Waals surface area contributed by atoms with Gasteiger partial charge in [0.2, 0.25) is 10.0 Å². The third kappa shape index (κ3) is 7.12. The Balaban J connectivity index is 1.73. The second-order valence-corrected chi connectivity index (χ2v) is 9.62. The van der Waals surface area contributed by atoms with Crippen molar-refractivity contribution in [3.05, 3.63) is 0 Å². The average molecular weight is 418 g/mol. The summed E-state index contributed by atoms with van der Waals surface area (Å²) in [7, 11) is -1.75. The minimum atomic E-state index is -4.20. The molecule has 12 heteroatoms. The van der Waals surface area contributed by atoms with Gasteiger partial charge < -0.3 is 10.6 Å². The fraction of sp³-hybridized carbons (Fsp3) is 0.929. The number of nitrogens with zero attached hydrogens (tertiary/aromatic N) is 3. The predicted octanol–water partition coefficient (Wildman–Crippen LogP) is 0.167. The van der Waals surface area contributed by atoms with Crippen molar-refractivity contribution in [2.75, 3.05) is 63.6 Å². The van der Waals surface area contributed by atoms with Crippen LogP contribution in [0.3, 0.4) is 0 Å². The van der Waals surface area contributed by atoms with Crippen LogP contribution in [0, 0.1) is 0 Å². The van der Waals surface area contributed by atoms with Gasteiger partial charge in [0.1, 0.15) is 0 Å². The van der Waals surface area contributed by atoms with E-state index >= 15 is 0 Å². The van der Waals surface area contributed by atoms with Gasteiger partial charge in [-0.25, -0.2) is 12.7 Å². The van der Waals surface area contributed by atoms with Gasteiger partial charge >= 0.3 is 6.18 Å². The quantitative estimate of drug-likeness (QED) is 0.474. The van der Waals surface area contributed by atoms with Crippen LogP contribution in [0.15, 0.2) is 4.99 Å². The van der Waals surface area contributed by atoms with E-state index in [0.29, 0.717) is 32.0 Å². The highest BCUT2D eigenvalue weighted by molar-refractivity contribution is 7.99. The lowest BCUT2D eigenvalue weighted by molar-refractivity contribution is -0.143. The first-order valence-electron chi connectivity index (χ1n) is 8.51. The first kappa shape index (κ1) is 21.6. The van der Waals surface area contributed by atoms with E-state index in [-0.39, 0.29) is 24.9 Å². The first-order valence-corrected chi connectivity index (χ1v) is 11.3. The monoisotopic (exact) mass is 417 g/mol. The molecule has 7 nitrogen and oxygen atoms in total. The van der Waals surface area contributed by atoms with Crippen molar-refractivity contribution in [3.8, 4) is 0 Å². The van der Waals surface area contributed by atoms with Crippen LogP contribution in [0.1, 0.15) is 6.42 Å². The van der Waals surface area contributed by atoms with E-state index in [0.717, 1.165) is 11.5 Å². The Morgan fingerprint density at radius 3 is 2.58 bits per heavy atom. The van der Waals surface area contributed by atoms with Crippen LogP contribution in [0.5, 0.6) is 0 Å². The van der Waals surface area contributed by atoms with Crippen LogP contribution in [0.25, 0.3) is 0 Å². The van der Waals surface area contributed by atoms with Crippen LogP contribution in [-0.4, -0.2) is 99.4 Å². The summed E-state index contributed by atoms with van der Waals surface area (Å²) in [4.78, 5) is 5.38. The molecule has 2 rings (SSSR count). The van der Waals surface area contributed by atoms with Gasteiger partial charge in [-0.3, -0.25) is 9.89 Å². The highest BCUT2D eigenvalue weighted by Gasteiger charge is 2.34. The van der Waals surface area contributed by atoms with Crippen LogP contribution in [0.2, 0.25) is 0 Å². The summed E-state index contributed by atoms with van der Waals surface area (Å²) in [5.41, 5.74) is 0. The van der Waals surface area contributed by atoms with Gasteiger partial charge in [0, 0.05) is 57.3 Å². The molecule has 1 atom stereocenters. The molecule has 2 aliphatic rings. The molecule has 2 fully saturated rings. The van der Waals surface area contributed by atoms with Crippen molar-refractivity contribution in [1.29, 1.82) is 0 Å². The number of hydrogen-bond donors (Lipinski definition) is 2. The second kappa shape index (κ2) is 9.47. The number of guanidine groups is 1. The van der Waals surface area contributed by atoms with Crippen molar-refractivity contribution >= 4 is 27.7 Å². The third-order valence-electron chi connectivity index (χ3n) is 4.26. The largest absolute Gasteiger partial charge is 0.401 e. The normalized spacial score (nSPS) is 24.0. The number of nitrogens with one attached hydrogen (secondary N) is 2. The number of rotatable bonds is 6. The summed E-state index contributed by atoms with van der Waals surface area (Å²) in [6.45, 7) is 1.02. The van der Waals surface area contributed by atoms with E-state index in [1.807, 2.05) is 0 Å². The SMILES string of the molecule is CN=C(NCCS(=O)(=O)N1CCSCC1)NC1CCN(CC(F)(F)F)C1. The molecule has 0 aromatic carbocycles. The van der Waals surface area contributed by atoms with Gasteiger partial charge in [-0.15, -0.1) is 0 Å². The maximum atomic E-state index is 12.4. The first-order chi connectivity index (χ1) is 12.2. The highest BCUT2D eigenvalue weighted by atomic mass is 32.2.